The molecule has 23 heavy (non-hydrogen) atoms. The van der Waals surface area contributed by atoms with E-state index in [4.69, 9.17) is 18.1 Å². The highest BCUT2D eigenvalue weighted by Crippen LogP contribution is 2.09. The van der Waals surface area contributed by atoms with Gasteiger partial charge < -0.3 is 10.6 Å². The number of hydrogen-bond donors (Lipinski definition) is 4. The molecule has 0 bridgehead atoms. The molecular weight excluding hydrogens is 312 g/mol. The predicted octanol–water partition coefficient (Wildman–Crippen LogP) is 1.35. The van der Waals surface area contributed by atoms with Gasteiger partial charge in [-0.1, -0.05) is 30.3 Å². The van der Waals surface area contributed by atoms with Gasteiger partial charge in [-0.05, 0) is 42.0 Å². The highest BCUT2D eigenvalue weighted by Gasteiger charge is 2.07. The van der Waals surface area contributed by atoms with Crippen molar-refractivity contribution >= 4 is 34.8 Å². The number of carbonyl (C=O) groups is 2. The zero-order valence-electron chi connectivity index (χ0n) is 12.2. The molecule has 0 aromatic heterocycles. The third-order valence-electron chi connectivity index (χ3n) is 3.00. The Hall–Kier alpha value is -2.77. The number of nitrogen functional groups attached to an aromatic ring is 1. The molecule has 0 aliphatic carbocycles. The summed E-state index contributed by atoms with van der Waals surface area (Å²) in [6.07, 6.45) is 0.248. The van der Waals surface area contributed by atoms with Gasteiger partial charge in [0.25, 0.3) is 5.91 Å². The Morgan fingerprint density at radius 1 is 1.00 bits per heavy atom. The Kier molecular flexibility index (Phi) is 5.79. The number of hydrogen-bond acceptors (Lipinski definition) is 4. The smallest absolute Gasteiger partial charge is 0.265 e. The first-order valence-corrected chi connectivity index (χ1v) is 7.25. The van der Waals surface area contributed by atoms with Crippen molar-refractivity contribution in [1.82, 2.24) is 10.7 Å². The molecule has 0 atom stereocenters. The van der Waals surface area contributed by atoms with Gasteiger partial charge in [0, 0.05) is 11.3 Å². The molecule has 0 saturated carbocycles. The Balaban J connectivity index is 1.87. The number of nitrogens with two attached hydrogens (primary N) is 1. The van der Waals surface area contributed by atoms with Crippen molar-refractivity contribution in [2.45, 2.75) is 6.42 Å². The van der Waals surface area contributed by atoms with Gasteiger partial charge >= 0.3 is 0 Å². The fourth-order valence-corrected chi connectivity index (χ4v) is 2.13. The number of thiocarbonyl (C=S) groups is 1. The fourth-order valence-electron chi connectivity index (χ4n) is 1.90. The molecule has 2 rings (SSSR count). The number of benzene rings is 2. The van der Waals surface area contributed by atoms with Gasteiger partial charge in [-0.3, -0.25) is 15.0 Å². The van der Waals surface area contributed by atoms with E-state index in [9.17, 15) is 9.59 Å². The number of anilines is 1. The lowest BCUT2D eigenvalue weighted by Gasteiger charge is -2.10. The average Bonchev–Trinajstić information content (AvgIpc) is 2.55. The van der Waals surface area contributed by atoms with E-state index >= 15 is 0 Å². The molecule has 7 heteroatoms. The molecule has 0 aliphatic rings. The van der Waals surface area contributed by atoms with Crippen LogP contribution in [-0.4, -0.2) is 16.9 Å². The van der Waals surface area contributed by atoms with Crippen LogP contribution in [-0.2, 0) is 11.2 Å². The van der Waals surface area contributed by atoms with Crippen molar-refractivity contribution in [2.24, 2.45) is 5.84 Å². The quantitative estimate of drug-likeness (QED) is 0.294. The largest absolute Gasteiger partial charge is 0.332 e. The number of rotatable bonds is 4. The van der Waals surface area contributed by atoms with Crippen LogP contribution in [0.4, 0.5) is 5.69 Å². The first-order valence-electron chi connectivity index (χ1n) is 6.84. The van der Waals surface area contributed by atoms with Crippen LogP contribution in [0.5, 0.6) is 0 Å². The van der Waals surface area contributed by atoms with Gasteiger partial charge in [0.2, 0.25) is 5.91 Å². The second-order valence-electron chi connectivity index (χ2n) is 4.72. The van der Waals surface area contributed by atoms with Crippen LogP contribution in [0, 0.1) is 0 Å². The topological polar surface area (TPSA) is 96.2 Å². The van der Waals surface area contributed by atoms with E-state index in [1.807, 2.05) is 35.8 Å². The van der Waals surface area contributed by atoms with Crippen LogP contribution >= 0.6 is 12.2 Å². The van der Waals surface area contributed by atoms with Crippen LogP contribution in [0.2, 0.25) is 0 Å². The van der Waals surface area contributed by atoms with E-state index < -0.39 is 0 Å². The summed E-state index contributed by atoms with van der Waals surface area (Å²) in [4.78, 5) is 23.2. The standard InChI is InChI=1S/C16H16N4O2S/c17-20-15(22)12-6-8-13(9-7-12)18-16(23)19-14(21)10-11-4-2-1-3-5-11/h1-9H,10,17H2,(H,20,22)(H2,18,19,21,23). The lowest BCUT2D eigenvalue weighted by atomic mass is 10.1. The zero-order valence-corrected chi connectivity index (χ0v) is 13.0. The van der Waals surface area contributed by atoms with Crippen molar-refractivity contribution in [1.29, 1.82) is 0 Å². The molecule has 0 aliphatic heterocycles. The van der Waals surface area contributed by atoms with E-state index in [1.54, 1.807) is 24.3 Å². The molecule has 2 amide bonds. The SMILES string of the molecule is NNC(=O)c1ccc(NC(=S)NC(=O)Cc2ccccc2)cc1. The lowest BCUT2D eigenvalue weighted by molar-refractivity contribution is -0.119. The van der Waals surface area contributed by atoms with Gasteiger partial charge in [-0.25, -0.2) is 5.84 Å². The van der Waals surface area contributed by atoms with E-state index in [0.29, 0.717) is 11.3 Å². The van der Waals surface area contributed by atoms with Gasteiger partial charge in [-0.15, -0.1) is 0 Å². The summed E-state index contributed by atoms with van der Waals surface area (Å²) in [5.74, 6) is 4.48. The molecule has 0 heterocycles. The van der Waals surface area contributed by atoms with Crippen LogP contribution in [0.15, 0.2) is 54.6 Å². The molecular formula is C16H16N4O2S. The first kappa shape index (κ1) is 16.6. The molecule has 6 nitrogen and oxygen atoms in total. The van der Waals surface area contributed by atoms with Crippen molar-refractivity contribution in [3.05, 3.63) is 65.7 Å². The predicted molar refractivity (Wildman–Crippen MR) is 92.6 cm³/mol. The zero-order chi connectivity index (χ0) is 16.7. The van der Waals surface area contributed by atoms with Gasteiger partial charge in [0.15, 0.2) is 5.11 Å². The minimum Gasteiger partial charge on any atom is -0.332 e. The molecule has 2 aromatic carbocycles. The van der Waals surface area contributed by atoms with Gasteiger partial charge in [0.1, 0.15) is 0 Å². The summed E-state index contributed by atoms with van der Waals surface area (Å²) in [6.45, 7) is 0. The average molecular weight is 328 g/mol. The monoisotopic (exact) mass is 328 g/mol. The van der Waals surface area contributed by atoms with Gasteiger partial charge in [-0.2, -0.15) is 0 Å². The molecule has 0 unspecified atom stereocenters. The van der Waals surface area contributed by atoms with Crippen LogP contribution in [0.25, 0.3) is 0 Å². The van der Waals surface area contributed by atoms with Gasteiger partial charge in [0.05, 0.1) is 6.42 Å². The van der Waals surface area contributed by atoms with Crippen LogP contribution in [0.3, 0.4) is 0 Å². The molecule has 5 N–H and O–H groups in total. The normalized spacial score (nSPS) is 9.78. The van der Waals surface area contributed by atoms with Crippen LogP contribution in [0.1, 0.15) is 15.9 Å². The van der Waals surface area contributed by atoms with Crippen LogP contribution < -0.4 is 21.9 Å². The van der Waals surface area contributed by atoms with Crippen molar-refractivity contribution in [2.75, 3.05) is 5.32 Å². The molecule has 0 saturated heterocycles. The Labute approximate surface area is 139 Å². The maximum atomic E-state index is 11.9. The second kappa shape index (κ2) is 8.02. The summed E-state index contributed by atoms with van der Waals surface area (Å²) in [6, 6.07) is 15.9. The summed E-state index contributed by atoms with van der Waals surface area (Å²) in [5.41, 5.74) is 4.04. The molecule has 0 spiro atoms. The Bertz CT molecular complexity index is 702. The maximum Gasteiger partial charge on any atom is 0.265 e. The number of amides is 2. The van der Waals surface area contributed by atoms with E-state index in [0.717, 1.165) is 5.56 Å². The minimum atomic E-state index is -0.379. The minimum absolute atomic E-state index is 0.196. The molecule has 0 fully saturated rings. The second-order valence-corrected chi connectivity index (χ2v) is 5.12. The van der Waals surface area contributed by atoms with Crippen molar-refractivity contribution < 1.29 is 9.59 Å². The number of nitrogens with one attached hydrogen (secondary N) is 3. The fraction of sp³-hybridized carbons (Fsp3) is 0.0625. The maximum absolute atomic E-state index is 11.9. The number of carbonyl (C=O) groups excluding carboxylic acids is 2. The summed E-state index contributed by atoms with van der Waals surface area (Å²) < 4.78 is 0. The van der Waals surface area contributed by atoms with E-state index in [1.165, 1.54) is 0 Å². The third kappa shape index (κ3) is 5.17. The molecule has 2 aromatic rings. The van der Waals surface area contributed by atoms with E-state index in [2.05, 4.69) is 10.6 Å². The molecule has 0 radical (unpaired) electrons. The Morgan fingerprint density at radius 2 is 1.65 bits per heavy atom. The number of hydrazine groups is 1. The highest BCUT2D eigenvalue weighted by molar-refractivity contribution is 7.80. The van der Waals surface area contributed by atoms with E-state index in [-0.39, 0.29) is 23.3 Å². The van der Waals surface area contributed by atoms with Crippen molar-refractivity contribution in [3.8, 4) is 0 Å². The first-order chi connectivity index (χ1) is 11.1. The summed E-state index contributed by atoms with van der Waals surface area (Å²) in [7, 11) is 0. The highest BCUT2D eigenvalue weighted by atomic mass is 32.1. The molecule has 118 valence electrons. The summed E-state index contributed by atoms with van der Waals surface area (Å²) >= 11 is 5.09. The lowest BCUT2D eigenvalue weighted by Crippen LogP contribution is -2.35. The third-order valence-corrected chi connectivity index (χ3v) is 3.20. The Morgan fingerprint density at radius 3 is 2.26 bits per heavy atom. The van der Waals surface area contributed by atoms with Crippen molar-refractivity contribution in [3.63, 3.8) is 0 Å². The summed E-state index contributed by atoms with van der Waals surface area (Å²) in [5, 5.41) is 5.68.